The van der Waals surface area contributed by atoms with Gasteiger partial charge in [0.15, 0.2) is 5.82 Å². The van der Waals surface area contributed by atoms with Crippen molar-refractivity contribution in [1.29, 1.82) is 0 Å². The van der Waals surface area contributed by atoms with Crippen LogP contribution in [0.25, 0.3) is 11.4 Å². The fourth-order valence-corrected chi connectivity index (χ4v) is 3.24. The molecule has 1 aromatic carbocycles. The summed E-state index contributed by atoms with van der Waals surface area (Å²) in [5.74, 6) is 0.119. The minimum Gasteiger partial charge on any atom is -0.336 e. The van der Waals surface area contributed by atoms with E-state index in [2.05, 4.69) is 15.7 Å². The first kappa shape index (κ1) is 18.2. The predicted molar refractivity (Wildman–Crippen MR) is 96.3 cm³/mol. The number of benzene rings is 1. The first-order valence-corrected chi connectivity index (χ1v) is 8.99. The van der Waals surface area contributed by atoms with Gasteiger partial charge in [-0.05, 0) is 37.1 Å². The molecule has 2 amide bonds. The van der Waals surface area contributed by atoms with E-state index in [1.165, 1.54) is 27.8 Å². The number of urea groups is 1. The molecule has 140 valence electrons. The summed E-state index contributed by atoms with van der Waals surface area (Å²) in [5, 5.41) is 10.0. The van der Waals surface area contributed by atoms with Gasteiger partial charge in [-0.25, -0.2) is 18.7 Å². The number of hydrogen-bond donors (Lipinski definition) is 2. The van der Waals surface area contributed by atoms with Gasteiger partial charge in [-0.3, -0.25) is 4.57 Å². The van der Waals surface area contributed by atoms with Gasteiger partial charge in [0.2, 0.25) is 0 Å². The van der Waals surface area contributed by atoms with E-state index in [-0.39, 0.29) is 30.1 Å². The highest BCUT2D eigenvalue weighted by molar-refractivity contribution is 5.74. The van der Waals surface area contributed by atoms with Gasteiger partial charge in [0.1, 0.15) is 5.82 Å². The van der Waals surface area contributed by atoms with E-state index < -0.39 is 0 Å². The fraction of sp³-hybridized carbons (Fsp3) is 0.500. The highest BCUT2D eigenvalue weighted by Crippen LogP contribution is 2.17. The zero-order valence-corrected chi connectivity index (χ0v) is 14.9. The van der Waals surface area contributed by atoms with Crippen LogP contribution < -0.4 is 16.3 Å². The molecule has 1 heterocycles. The maximum atomic E-state index is 13.1. The van der Waals surface area contributed by atoms with Crippen molar-refractivity contribution in [3.05, 3.63) is 40.6 Å². The highest BCUT2D eigenvalue weighted by Gasteiger charge is 2.16. The van der Waals surface area contributed by atoms with Crippen LogP contribution in [0.4, 0.5) is 9.18 Å². The van der Waals surface area contributed by atoms with Crippen LogP contribution in [0.2, 0.25) is 0 Å². The third-order valence-corrected chi connectivity index (χ3v) is 4.69. The molecule has 7 nitrogen and oxygen atoms in total. The Balaban J connectivity index is 1.56. The lowest BCUT2D eigenvalue weighted by atomic mass is 9.96. The first-order chi connectivity index (χ1) is 12.5. The topological polar surface area (TPSA) is 81.0 Å². The van der Waals surface area contributed by atoms with E-state index in [0.717, 1.165) is 25.7 Å². The molecule has 0 aliphatic heterocycles. The number of rotatable bonds is 5. The largest absolute Gasteiger partial charge is 0.345 e. The van der Waals surface area contributed by atoms with Crippen LogP contribution in [0.5, 0.6) is 0 Å². The molecule has 0 atom stereocenters. The Bertz CT molecular complexity index is 806. The molecule has 2 N–H and O–H groups in total. The van der Waals surface area contributed by atoms with E-state index in [9.17, 15) is 14.0 Å². The molecule has 1 aliphatic rings. The molecule has 3 rings (SSSR count). The summed E-state index contributed by atoms with van der Waals surface area (Å²) < 4.78 is 15.8. The van der Waals surface area contributed by atoms with E-state index >= 15 is 0 Å². The van der Waals surface area contributed by atoms with Crippen LogP contribution in [0.1, 0.15) is 32.1 Å². The van der Waals surface area contributed by atoms with Crippen LogP contribution >= 0.6 is 0 Å². The van der Waals surface area contributed by atoms with Crippen molar-refractivity contribution in [3.8, 4) is 11.4 Å². The second-order valence-corrected chi connectivity index (χ2v) is 6.63. The standard InChI is InChI=1S/C18H24FN5O2/c1-23-16(13-7-9-14(19)10-8-13)22-24(18(23)26)12-11-20-17(25)21-15-5-3-2-4-6-15/h7-10,15H,2-6,11-12H2,1H3,(H2,20,21,25). The maximum absolute atomic E-state index is 13.1. The predicted octanol–water partition coefficient (Wildman–Crippen LogP) is 2.02. The molecule has 1 aliphatic carbocycles. The number of amides is 2. The van der Waals surface area contributed by atoms with Crippen LogP contribution in [0, 0.1) is 5.82 Å². The Morgan fingerprint density at radius 3 is 2.62 bits per heavy atom. The monoisotopic (exact) mass is 361 g/mol. The van der Waals surface area contributed by atoms with E-state index in [1.807, 2.05) is 0 Å². The highest BCUT2D eigenvalue weighted by atomic mass is 19.1. The molecule has 0 unspecified atom stereocenters. The Kier molecular flexibility index (Phi) is 5.70. The van der Waals surface area contributed by atoms with Crippen molar-refractivity contribution in [3.63, 3.8) is 0 Å². The SMILES string of the molecule is Cn1c(-c2ccc(F)cc2)nn(CCNC(=O)NC2CCCCC2)c1=O. The first-order valence-electron chi connectivity index (χ1n) is 8.99. The lowest BCUT2D eigenvalue weighted by molar-refractivity contribution is 0.232. The third kappa shape index (κ3) is 4.30. The molecular weight excluding hydrogens is 337 g/mol. The molecule has 1 fully saturated rings. The molecule has 2 aromatic rings. The summed E-state index contributed by atoms with van der Waals surface area (Å²) in [6.45, 7) is 0.574. The van der Waals surface area contributed by atoms with Crippen LogP contribution in [-0.2, 0) is 13.6 Å². The number of carbonyl (C=O) groups excluding carboxylic acids is 1. The summed E-state index contributed by atoms with van der Waals surface area (Å²) in [4.78, 5) is 24.2. The number of aromatic nitrogens is 3. The molecule has 0 bridgehead atoms. The van der Waals surface area contributed by atoms with Crippen LogP contribution in [0.15, 0.2) is 29.1 Å². The Morgan fingerprint density at radius 2 is 1.92 bits per heavy atom. The van der Waals surface area contributed by atoms with E-state index in [4.69, 9.17) is 0 Å². The molecule has 0 radical (unpaired) electrons. The molecule has 0 spiro atoms. The van der Waals surface area contributed by atoms with Gasteiger partial charge in [-0.2, -0.15) is 0 Å². The molecule has 1 saturated carbocycles. The van der Waals surface area contributed by atoms with Gasteiger partial charge in [0, 0.05) is 25.2 Å². The van der Waals surface area contributed by atoms with Crippen molar-refractivity contribution in [2.45, 2.75) is 44.7 Å². The van der Waals surface area contributed by atoms with Crippen molar-refractivity contribution >= 4 is 6.03 Å². The average molecular weight is 361 g/mol. The second-order valence-electron chi connectivity index (χ2n) is 6.63. The van der Waals surface area contributed by atoms with Gasteiger partial charge >= 0.3 is 11.7 Å². The van der Waals surface area contributed by atoms with E-state index in [0.29, 0.717) is 17.9 Å². The lowest BCUT2D eigenvalue weighted by Gasteiger charge is -2.22. The van der Waals surface area contributed by atoms with Gasteiger partial charge in [0.25, 0.3) is 0 Å². The molecule has 8 heteroatoms. The summed E-state index contributed by atoms with van der Waals surface area (Å²) in [7, 11) is 1.62. The summed E-state index contributed by atoms with van der Waals surface area (Å²) in [6, 6.07) is 5.85. The van der Waals surface area contributed by atoms with Crippen LogP contribution in [0.3, 0.4) is 0 Å². The maximum Gasteiger partial charge on any atom is 0.345 e. The second kappa shape index (κ2) is 8.16. The average Bonchev–Trinajstić information content (AvgIpc) is 2.92. The summed E-state index contributed by atoms with van der Waals surface area (Å²) >= 11 is 0. The summed E-state index contributed by atoms with van der Waals surface area (Å²) in [5.41, 5.74) is 0.381. The minimum absolute atomic E-state index is 0.209. The zero-order valence-electron chi connectivity index (χ0n) is 14.9. The van der Waals surface area contributed by atoms with Crippen molar-refractivity contribution in [1.82, 2.24) is 25.0 Å². The van der Waals surface area contributed by atoms with Crippen molar-refractivity contribution in [2.24, 2.45) is 7.05 Å². The van der Waals surface area contributed by atoms with Gasteiger partial charge in [0.05, 0.1) is 6.54 Å². The van der Waals surface area contributed by atoms with Gasteiger partial charge in [-0.1, -0.05) is 19.3 Å². The Hall–Kier alpha value is -2.64. The normalized spacial score (nSPS) is 15.0. The zero-order chi connectivity index (χ0) is 18.5. The number of nitrogens with zero attached hydrogens (tertiary/aromatic N) is 3. The van der Waals surface area contributed by atoms with Crippen molar-refractivity contribution < 1.29 is 9.18 Å². The van der Waals surface area contributed by atoms with Crippen molar-refractivity contribution in [2.75, 3.05) is 6.54 Å². The quantitative estimate of drug-likeness (QED) is 0.855. The number of halogens is 1. The minimum atomic E-state index is -0.341. The molecule has 26 heavy (non-hydrogen) atoms. The Morgan fingerprint density at radius 1 is 1.23 bits per heavy atom. The lowest BCUT2D eigenvalue weighted by Crippen LogP contribution is -2.44. The molecule has 0 saturated heterocycles. The van der Waals surface area contributed by atoms with Gasteiger partial charge < -0.3 is 10.6 Å². The number of carbonyl (C=O) groups is 1. The number of nitrogens with one attached hydrogen (secondary N) is 2. The van der Waals surface area contributed by atoms with E-state index in [1.54, 1.807) is 19.2 Å². The third-order valence-electron chi connectivity index (χ3n) is 4.69. The molecule has 1 aromatic heterocycles. The smallest absolute Gasteiger partial charge is 0.336 e. The summed E-state index contributed by atoms with van der Waals surface area (Å²) in [6.07, 6.45) is 5.59. The van der Waals surface area contributed by atoms with Gasteiger partial charge in [-0.15, -0.1) is 5.10 Å². The van der Waals surface area contributed by atoms with Crippen LogP contribution in [-0.4, -0.2) is 33.0 Å². The number of hydrogen-bond acceptors (Lipinski definition) is 3. The Labute approximate surface area is 151 Å². The fourth-order valence-electron chi connectivity index (χ4n) is 3.24. The molecular formula is C18H24FN5O2.